The molecule has 0 bridgehead atoms. The number of nitrogens with one attached hydrogen (secondary N) is 1. The highest BCUT2D eigenvalue weighted by Crippen LogP contribution is 2.30. The van der Waals surface area contributed by atoms with Crippen molar-refractivity contribution in [2.24, 2.45) is 0 Å². The zero-order chi connectivity index (χ0) is 15.8. The van der Waals surface area contributed by atoms with Crippen LogP contribution < -0.4 is 10.2 Å². The first-order valence-corrected chi connectivity index (χ1v) is 6.74. The number of benzene rings is 1. The lowest BCUT2D eigenvalue weighted by molar-refractivity contribution is -0.384. The summed E-state index contributed by atoms with van der Waals surface area (Å²) in [5, 5.41) is 14.0. The van der Waals surface area contributed by atoms with E-state index in [2.05, 4.69) is 5.32 Å². The minimum Gasteiger partial charge on any atom is -0.385 e. The van der Waals surface area contributed by atoms with E-state index in [0.717, 1.165) is 0 Å². The second kappa shape index (κ2) is 8.43. The van der Waals surface area contributed by atoms with Crippen molar-refractivity contribution >= 4 is 28.9 Å². The van der Waals surface area contributed by atoms with Gasteiger partial charge in [0.1, 0.15) is 5.69 Å². The molecule has 0 atom stereocenters. The second-order valence-corrected chi connectivity index (χ2v) is 4.88. The number of nitrogens with zero attached hydrogens (tertiary/aromatic N) is 2. The molecule has 1 amide bonds. The van der Waals surface area contributed by atoms with E-state index in [4.69, 9.17) is 16.3 Å². The standard InChI is InChI=1S/C13H18ClN3O4/c1-16(9-13(18)15-6-3-7-21-2)11-5-4-10(14)8-12(11)17(19)20/h4-5,8H,3,6-7,9H2,1-2H3,(H,15,18). The summed E-state index contributed by atoms with van der Waals surface area (Å²) in [6, 6.07) is 4.35. The van der Waals surface area contributed by atoms with Gasteiger partial charge in [0.15, 0.2) is 0 Å². The van der Waals surface area contributed by atoms with E-state index in [-0.39, 0.29) is 23.2 Å². The lowest BCUT2D eigenvalue weighted by Crippen LogP contribution is -2.36. The van der Waals surface area contributed by atoms with Crippen molar-refractivity contribution in [2.75, 3.05) is 38.8 Å². The summed E-state index contributed by atoms with van der Waals surface area (Å²) in [5.41, 5.74) is 0.216. The molecule has 21 heavy (non-hydrogen) atoms. The Labute approximate surface area is 128 Å². The first-order chi connectivity index (χ1) is 9.95. The van der Waals surface area contributed by atoms with E-state index in [1.54, 1.807) is 20.2 Å². The highest BCUT2D eigenvalue weighted by atomic mass is 35.5. The topological polar surface area (TPSA) is 84.7 Å². The summed E-state index contributed by atoms with van der Waals surface area (Å²) in [5.74, 6) is -0.210. The molecule has 0 unspecified atom stereocenters. The first kappa shape index (κ1) is 17.2. The third kappa shape index (κ3) is 5.57. The fraction of sp³-hybridized carbons (Fsp3) is 0.462. The summed E-state index contributed by atoms with van der Waals surface area (Å²) in [4.78, 5) is 23.8. The maximum absolute atomic E-state index is 11.7. The third-order valence-electron chi connectivity index (χ3n) is 2.77. The molecule has 0 radical (unpaired) electrons. The average molecular weight is 316 g/mol. The van der Waals surface area contributed by atoms with Crippen molar-refractivity contribution < 1.29 is 14.5 Å². The van der Waals surface area contributed by atoms with E-state index in [1.165, 1.54) is 17.0 Å². The van der Waals surface area contributed by atoms with Crippen molar-refractivity contribution in [1.29, 1.82) is 0 Å². The minimum absolute atomic E-state index is 0.0233. The number of nitro groups is 1. The number of methoxy groups -OCH3 is 1. The first-order valence-electron chi connectivity index (χ1n) is 6.36. The number of nitro benzene ring substituents is 1. The smallest absolute Gasteiger partial charge is 0.294 e. The second-order valence-electron chi connectivity index (χ2n) is 4.44. The molecular weight excluding hydrogens is 298 g/mol. The molecule has 0 saturated heterocycles. The number of carbonyl (C=O) groups excluding carboxylic acids is 1. The van der Waals surface area contributed by atoms with Crippen LogP contribution in [0.3, 0.4) is 0 Å². The van der Waals surface area contributed by atoms with Gasteiger partial charge < -0.3 is 15.0 Å². The maximum Gasteiger partial charge on any atom is 0.294 e. The fourth-order valence-electron chi connectivity index (χ4n) is 1.77. The number of likely N-dealkylation sites (N-methyl/N-ethyl adjacent to an activating group) is 1. The van der Waals surface area contributed by atoms with Crippen LogP contribution in [-0.4, -0.2) is 44.7 Å². The van der Waals surface area contributed by atoms with Crippen LogP contribution in [0.15, 0.2) is 18.2 Å². The number of amides is 1. The molecule has 0 saturated carbocycles. The molecule has 116 valence electrons. The van der Waals surface area contributed by atoms with Gasteiger partial charge in [-0.05, 0) is 18.6 Å². The zero-order valence-corrected chi connectivity index (χ0v) is 12.7. The molecule has 0 aromatic heterocycles. The molecule has 1 rings (SSSR count). The summed E-state index contributed by atoms with van der Waals surface area (Å²) in [7, 11) is 3.21. The highest BCUT2D eigenvalue weighted by molar-refractivity contribution is 6.30. The van der Waals surface area contributed by atoms with Crippen molar-refractivity contribution in [2.45, 2.75) is 6.42 Å². The molecule has 0 fully saturated rings. The summed E-state index contributed by atoms with van der Waals surface area (Å²) >= 11 is 5.76. The zero-order valence-electron chi connectivity index (χ0n) is 12.0. The summed E-state index contributed by atoms with van der Waals surface area (Å²) in [6.07, 6.45) is 0.715. The van der Waals surface area contributed by atoms with Gasteiger partial charge in [-0.25, -0.2) is 0 Å². The van der Waals surface area contributed by atoms with Gasteiger partial charge in [-0.3, -0.25) is 14.9 Å². The molecule has 0 aliphatic rings. The van der Waals surface area contributed by atoms with Crippen LogP contribution >= 0.6 is 11.6 Å². The number of hydrogen-bond donors (Lipinski definition) is 1. The monoisotopic (exact) mass is 315 g/mol. The van der Waals surface area contributed by atoms with Crippen LogP contribution in [-0.2, 0) is 9.53 Å². The Kier molecular flexibility index (Phi) is 6.90. The Hall–Kier alpha value is -1.86. The van der Waals surface area contributed by atoms with E-state index in [1.807, 2.05) is 0 Å². The lowest BCUT2D eigenvalue weighted by atomic mass is 10.2. The number of ether oxygens (including phenoxy) is 1. The Balaban J connectivity index is 2.65. The van der Waals surface area contributed by atoms with Crippen LogP contribution in [0.5, 0.6) is 0 Å². The van der Waals surface area contributed by atoms with Gasteiger partial charge >= 0.3 is 0 Å². The highest BCUT2D eigenvalue weighted by Gasteiger charge is 2.19. The predicted molar refractivity (Wildman–Crippen MR) is 80.9 cm³/mol. The van der Waals surface area contributed by atoms with Crippen molar-refractivity contribution in [1.82, 2.24) is 5.32 Å². The molecule has 0 aliphatic heterocycles. The van der Waals surface area contributed by atoms with Gasteiger partial charge in [0, 0.05) is 38.4 Å². The van der Waals surface area contributed by atoms with Crippen LogP contribution in [0.2, 0.25) is 5.02 Å². The van der Waals surface area contributed by atoms with Crippen LogP contribution in [0, 0.1) is 10.1 Å². The Bertz CT molecular complexity index is 510. The molecule has 7 nitrogen and oxygen atoms in total. The third-order valence-corrected chi connectivity index (χ3v) is 3.01. The number of halogens is 1. The van der Waals surface area contributed by atoms with Gasteiger partial charge in [0.2, 0.25) is 5.91 Å². The van der Waals surface area contributed by atoms with Crippen LogP contribution in [0.25, 0.3) is 0 Å². The summed E-state index contributed by atoms with van der Waals surface area (Å²) < 4.78 is 4.88. The van der Waals surface area contributed by atoms with Crippen molar-refractivity contribution in [3.8, 4) is 0 Å². The van der Waals surface area contributed by atoms with Gasteiger partial charge in [-0.2, -0.15) is 0 Å². The number of carbonyl (C=O) groups is 1. The Morgan fingerprint density at radius 2 is 2.24 bits per heavy atom. The Morgan fingerprint density at radius 3 is 2.86 bits per heavy atom. The average Bonchev–Trinajstić information content (AvgIpc) is 2.43. The molecule has 1 N–H and O–H groups in total. The van der Waals surface area contributed by atoms with Crippen LogP contribution in [0.4, 0.5) is 11.4 Å². The number of rotatable bonds is 8. The lowest BCUT2D eigenvalue weighted by Gasteiger charge is -2.18. The number of hydrogen-bond acceptors (Lipinski definition) is 5. The van der Waals surface area contributed by atoms with Crippen molar-refractivity contribution in [3.05, 3.63) is 33.3 Å². The minimum atomic E-state index is -0.520. The molecule has 0 spiro atoms. The van der Waals surface area contributed by atoms with Gasteiger partial charge in [-0.1, -0.05) is 11.6 Å². The number of anilines is 1. The van der Waals surface area contributed by atoms with Crippen molar-refractivity contribution in [3.63, 3.8) is 0 Å². The van der Waals surface area contributed by atoms with Gasteiger partial charge in [0.05, 0.1) is 11.5 Å². The summed E-state index contributed by atoms with van der Waals surface area (Å²) in [6.45, 7) is 1.09. The molecule has 1 aromatic carbocycles. The SMILES string of the molecule is COCCCNC(=O)CN(C)c1ccc(Cl)cc1[N+](=O)[O-]. The Morgan fingerprint density at radius 1 is 1.52 bits per heavy atom. The fourth-order valence-corrected chi connectivity index (χ4v) is 1.93. The largest absolute Gasteiger partial charge is 0.385 e. The van der Waals surface area contributed by atoms with Crippen LogP contribution in [0.1, 0.15) is 6.42 Å². The maximum atomic E-state index is 11.7. The predicted octanol–water partition coefficient (Wildman–Crippen LogP) is 1.84. The van der Waals surface area contributed by atoms with E-state index in [0.29, 0.717) is 25.3 Å². The van der Waals surface area contributed by atoms with E-state index in [9.17, 15) is 14.9 Å². The van der Waals surface area contributed by atoms with E-state index >= 15 is 0 Å². The molecule has 1 aromatic rings. The molecule has 0 aliphatic carbocycles. The van der Waals surface area contributed by atoms with E-state index < -0.39 is 4.92 Å². The normalized spacial score (nSPS) is 10.2. The molecular formula is C13H18ClN3O4. The van der Waals surface area contributed by atoms with Gasteiger partial charge in [-0.15, -0.1) is 0 Å². The molecule has 8 heteroatoms. The van der Waals surface area contributed by atoms with Gasteiger partial charge in [0.25, 0.3) is 5.69 Å². The quantitative estimate of drug-likeness (QED) is 0.449. The molecule has 0 heterocycles.